The van der Waals surface area contributed by atoms with Crippen LogP contribution in [0.4, 0.5) is 5.82 Å². The molecule has 2 aromatic rings. The van der Waals surface area contributed by atoms with E-state index in [4.69, 9.17) is 11.6 Å². The first kappa shape index (κ1) is 18.4. The summed E-state index contributed by atoms with van der Waals surface area (Å²) >= 11 is 5.81. The van der Waals surface area contributed by atoms with Crippen LogP contribution in [-0.4, -0.2) is 34.8 Å². The maximum absolute atomic E-state index is 12.7. The molecule has 1 unspecified atom stereocenters. The molecule has 1 saturated heterocycles. The van der Waals surface area contributed by atoms with Crippen molar-refractivity contribution in [2.75, 3.05) is 18.4 Å². The Kier molecular flexibility index (Phi) is 5.89. The Labute approximate surface area is 158 Å². The summed E-state index contributed by atoms with van der Waals surface area (Å²) < 4.78 is 0. The van der Waals surface area contributed by atoms with E-state index in [0.29, 0.717) is 29.5 Å². The number of anilines is 1. The lowest BCUT2D eigenvalue weighted by atomic mass is 9.96. The predicted octanol–water partition coefficient (Wildman–Crippen LogP) is 3.79. The van der Waals surface area contributed by atoms with Gasteiger partial charge in [-0.15, -0.1) is 0 Å². The number of hydrogen-bond donors (Lipinski definition) is 1. The smallest absolute Gasteiger partial charge is 0.253 e. The number of aryl methyl sites for hydroxylation is 1. The number of piperidine rings is 1. The molecule has 5 nitrogen and oxygen atoms in total. The van der Waals surface area contributed by atoms with E-state index in [2.05, 4.69) is 17.2 Å². The molecule has 0 radical (unpaired) electrons. The maximum Gasteiger partial charge on any atom is 0.253 e. The molecule has 6 heteroatoms. The van der Waals surface area contributed by atoms with Crippen molar-refractivity contribution < 1.29 is 9.59 Å². The highest BCUT2D eigenvalue weighted by molar-refractivity contribution is 6.30. The molecule has 1 N–H and O–H groups in total. The minimum absolute atomic E-state index is 0.0187. The van der Waals surface area contributed by atoms with Crippen molar-refractivity contribution in [3.8, 4) is 0 Å². The molecule has 1 aliphatic rings. The fraction of sp³-hybridized carbons (Fsp3) is 0.350. The van der Waals surface area contributed by atoms with Crippen LogP contribution in [0.3, 0.4) is 0 Å². The molecule has 0 spiro atoms. The largest absolute Gasteiger partial charge is 0.338 e. The van der Waals surface area contributed by atoms with Crippen LogP contribution in [0.15, 0.2) is 42.6 Å². The molecular weight excluding hydrogens is 350 g/mol. The third-order valence-corrected chi connectivity index (χ3v) is 4.89. The molecule has 2 heterocycles. The zero-order valence-electron chi connectivity index (χ0n) is 14.7. The van der Waals surface area contributed by atoms with Crippen LogP contribution in [0, 0.1) is 5.92 Å². The van der Waals surface area contributed by atoms with E-state index in [1.54, 1.807) is 17.0 Å². The van der Waals surface area contributed by atoms with Gasteiger partial charge in [-0.25, -0.2) is 4.98 Å². The summed E-state index contributed by atoms with van der Waals surface area (Å²) in [5, 5.41) is 3.33. The second-order valence-corrected chi connectivity index (χ2v) is 6.93. The fourth-order valence-corrected chi connectivity index (χ4v) is 3.23. The minimum Gasteiger partial charge on any atom is -0.338 e. The molecule has 0 bridgehead atoms. The number of nitrogens with zero attached hydrogens (tertiary/aromatic N) is 2. The van der Waals surface area contributed by atoms with Gasteiger partial charge in [0.05, 0.1) is 10.9 Å². The van der Waals surface area contributed by atoms with E-state index in [-0.39, 0.29) is 17.7 Å². The average molecular weight is 372 g/mol. The topological polar surface area (TPSA) is 62.3 Å². The molecule has 2 amide bonds. The van der Waals surface area contributed by atoms with Gasteiger partial charge in [-0.1, -0.05) is 30.7 Å². The summed E-state index contributed by atoms with van der Waals surface area (Å²) in [5.74, 6) is 0.103. The Morgan fingerprint density at radius 3 is 2.65 bits per heavy atom. The van der Waals surface area contributed by atoms with Crippen molar-refractivity contribution >= 4 is 29.2 Å². The number of aromatic nitrogens is 1. The number of carbonyl (C=O) groups excluding carboxylic acids is 2. The highest BCUT2D eigenvalue weighted by Crippen LogP contribution is 2.21. The van der Waals surface area contributed by atoms with Gasteiger partial charge >= 0.3 is 0 Å². The number of carbonyl (C=O) groups is 2. The number of hydrogen-bond acceptors (Lipinski definition) is 3. The molecular formula is C20H22ClN3O2. The van der Waals surface area contributed by atoms with Crippen molar-refractivity contribution in [2.24, 2.45) is 5.92 Å². The van der Waals surface area contributed by atoms with Gasteiger partial charge in [0, 0.05) is 24.8 Å². The molecule has 136 valence electrons. The number of benzene rings is 1. The van der Waals surface area contributed by atoms with Crippen molar-refractivity contribution in [3.05, 3.63) is 58.7 Å². The molecule has 0 aliphatic carbocycles. The van der Waals surface area contributed by atoms with Crippen LogP contribution in [-0.2, 0) is 11.2 Å². The Morgan fingerprint density at radius 1 is 1.23 bits per heavy atom. The standard InChI is InChI=1S/C20H22ClN3O2/c1-2-14-5-7-15(8-6-14)20(26)24-11-3-4-16(13-24)19(25)23-18-10-9-17(21)12-22-18/h5-10,12,16H,2-4,11,13H2,1H3,(H,22,23,25). The fourth-order valence-electron chi connectivity index (χ4n) is 3.12. The maximum atomic E-state index is 12.7. The Morgan fingerprint density at radius 2 is 2.00 bits per heavy atom. The summed E-state index contributed by atoms with van der Waals surface area (Å²) in [6.07, 6.45) is 4.01. The Hall–Kier alpha value is -2.40. The normalized spacial score (nSPS) is 17.0. The Bertz CT molecular complexity index is 775. The van der Waals surface area contributed by atoms with Crippen LogP contribution in [0.1, 0.15) is 35.7 Å². The van der Waals surface area contributed by atoms with Crippen LogP contribution in [0.5, 0.6) is 0 Å². The van der Waals surface area contributed by atoms with Crippen LogP contribution >= 0.6 is 11.6 Å². The molecule has 1 atom stereocenters. The highest BCUT2D eigenvalue weighted by Gasteiger charge is 2.29. The van der Waals surface area contributed by atoms with E-state index < -0.39 is 0 Å². The molecule has 3 rings (SSSR count). The van der Waals surface area contributed by atoms with E-state index in [1.165, 1.54) is 11.8 Å². The summed E-state index contributed by atoms with van der Waals surface area (Å²) in [6, 6.07) is 11.0. The average Bonchev–Trinajstić information content (AvgIpc) is 2.69. The first-order chi connectivity index (χ1) is 12.6. The number of halogens is 1. The number of nitrogens with one attached hydrogen (secondary N) is 1. The third-order valence-electron chi connectivity index (χ3n) is 4.67. The van der Waals surface area contributed by atoms with Crippen molar-refractivity contribution in [3.63, 3.8) is 0 Å². The molecule has 26 heavy (non-hydrogen) atoms. The highest BCUT2D eigenvalue weighted by atomic mass is 35.5. The predicted molar refractivity (Wildman–Crippen MR) is 102 cm³/mol. The van der Waals surface area contributed by atoms with Crippen LogP contribution < -0.4 is 5.32 Å². The first-order valence-electron chi connectivity index (χ1n) is 8.87. The summed E-state index contributed by atoms with van der Waals surface area (Å²) in [5.41, 5.74) is 1.87. The molecule has 1 aromatic carbocycles. The van der Waals surface area contributed by atoms with E-state index in [9.17, 15) is 9.59 Å². The SMILES string of the molecule is CCc1ccc(C(=O)N2CCCC(C(=O)Nc3ccc(Cl)cn3)C2)cc1. The van der Waals surface area contributed by atoms with Crippen molar-refractivity contribution in [1.29, 1.82) is 0 Å². The molecule has 1 fully saturated rings. The van der Waals surface area contributed by atoms with Gasteiger partial charge in [-0.2, -0.15) is 0 Å². The number of pyridine rings is 1. The van der Waals surface area contributed by atoms with Gasteiger partial charge in [0.1, 0.15) is 5.82 Å². The van der Waals surface area contributed by atoms with Crippen molar-refractivity contribution in [1.82, 2.24) is 9.88 Å². The first-order valence-corrected chi connectivity index (χ1v) is 9.25. The van der Waals surface area contributed by atoms with Gasteiger partial charge in [0.25, 0.3) is 5.91 Å². The minimum atomic E-state index is -0.236. The van der Waals surface area contributed by atoms with Gasteiger partial charge in [0.15, 0.2) is 0 Å². The van der Waals surface area contributed by atoms with Gasteiger partial charge in [-0.05, 0) is 49.1 Å². The lowest BCUT2D eigenvalue weighted by Gasteiger charge is -2.32. The van der Waals surface area contributed by atoms with E-state index >= 15 is 0 Å². The quantitative estimate of drug-likeness (QED) is 0.889. The number of likely N-dealkylation sites (tertiary alicyclic amines) is 1. The summed E-state index contributed by atoms with van der Waals surface area (Å²) in [7, 11) is 0. The summed E-state index contributed by atoms with van der Waals surface area (Å²) in [4.78, 5) is 31.1. The molecule has 0 saturated carbocycles. The zero-order chi connectivity index (χ0) is 18.5. The second kappa shape index (κ2) is 8.32. The second-order valence-electron chi connectivity index (χ2n) is 6.49. The van der Waals surface area contributed by atoms with Crippen molar-refractivity contribution in [2.45, 2.75) is 26.2 Å². The Balaban J connectivity index is 1.63. The number of amides is 2. The lowest BCUT2D eigenvalue weighted by molar-refractivity contribution is -0.121. The molecule has 1 aliphatic heterocycles. The third kappa shape index (κ3) is 4.41. The monoisotopic (exact) mass is 371 g/mol. The van der Waals surface area contributed by atoms with Gasteiger partial charge in [-0.3, -0.25) is 9.59 Å². The van der Waals surface area contributed by atoms with Gasteiger partial charge in [0.2, 0.25) is 5.91 Å². The lowest BCUT2D eigenvalue weighted by Crippen LogP contribution is -2.43. The van der Waals surface area contributed by atoms with E-state index in [0.717, 1.165) is 19.3 Å². The van der Waals surface area contributed by atoms with Crippen LogP contribution in [0.25, 0.3) is 0 Å². The number of rotatable bonds is 4. The van der Waals surface area contributed by atoms with Gasteiger partial charge < -0.3 is 10.2 Å². The van der Waals surface area contributed by atoms with Crippen LogP contribution in [0.2, 0.25) is 5.02 Å². The molecule has 1 aromatic heterocycles. The summed E-state index contributed by atoms with van der Waals surface area (Å²) in [6.45, 7) is 3.19. The van der Waals surface area contributed by atoms with E-state index in [1.807, 2.05) is 24.3 Å². The zero-order valence-corrected chi connectivity index (χ0v) is 15.5.